The first-order valence-electron chi connectivity index (χ1n) is 3.15. The monoisotopic (exact) mass is 137 g/mol. The van der Waals surface area contributed by atoms with Crippen LogP contribution in [0.4, 0.5) is 5.82 Å². The van der Waals surface area contributed by atoms with E-state index >= 15 is 0 Å². The number of nitrogens with two attached hydrogens (primary N) is 2. The van der Waals surface area contributed by atoms with Crippen LogP contribution in [0.1, 0.15) is 11.3 Å². The van der Waals surface area contributed by atoms with E-state index in [0.29, 0.717) is 12.4 Å². The number of nitrogens with zero attached hydrogens (tertiary/aromatic N) is 1. The molecule has 1 aromatic heterocycles. The summed E-state index contributed by atoms with van der Waals surface area (Å²) in [5.74, 6) is 0.542. The Labute approximate surface area is 60.1 Å². The average Bonchev–Trinajstić information content (AvgIpc) is 1.85. The maximum absolute atomic E-state index is 5.47. The van der Waals surface area contributed by atoms with Gasteiger partial charge in [0.25, 0.3) is 0 Å². The second kappa shape index (κ2) is 2.66. The van der Waals surface area contributed by atoms with Crippen LogP contribution in [0.3, 0.4) is 0 Å². The summed E-state index contributed by atoms with van der Waals surface area (Å²) >= 11 is 0. The molecular formula is C7H11N3. The van der Waals surface area contributed by atoms with Gasteiger partial charge in [-0.3, -0.25) is 0 Å². The van der Waals surface area contributed by atoms with E-state index in [1.165, 1.54) is 0 Å². The number of aromatic nitrogens is 1. The predicted octanol–water partition coefficient (Wildman–Crippen LogP) is 0.431. The lowest BCUT2D eigenvalue weighted by Crippen LogP contribution is -2.00. The van der Waals surface area contributed by atoms with Crippen molar-refractivity contribution in [2.75, 3.05) is 5.73 Å². The van der Waals surface area contributed by atoms with Gasteiger partial charge in [0.05, 0.1) is 0 Å². The SMILES string of the molecule is Cc1cc(CN)cc(N)n1. The van der Waals surface area contributed by atoms with Crippen molar-refractivity contribution in [3.8, 4) is 0 Å². The third-order valence-corrected chi connectivity index (χ3v) is 1.27. The number of pyridine rings is 1. The highest BCUT2D eigenvalue weighted by Crippen LogP contribution is 2.05. The fourth-order valence-electron chi connectivity index (χ4n) is 0.886. The van der Waals surface area contributed by atoms with E-state index < -0.39 is 0 Å². The third-order valence-electron chi connectivity index (χ3n) is 1.27. The zero-order valence-electron chi connectivity index (χ0n) is 5.96. The van der Waals surface area contributed by atoms with Gasteiger partial charge >= 0.3 is 0 Å². The predicted molar refractivity (Wildman–Crippen MR) is 41.3 cm³/mol. The van der Waals surface area contributed by atoms with Gasteiger partial charge in [0.2, 0.25) is 0 Å². The summed E-state index contributed by atoms with van der Waals surface area (Å²) in [6, 6.07) is 3.71. The Hall–Kier alpha value is -1.09. The van der Waals surface area contributed by atoms with Crippen molar-refractivity contribution < 1.29 is 0 Å². The molecule has 0 saturated heterocycles. The molecule has 10 heavy (non-hydrogen) atoms. The minimum Gasteiger partial charge on any atom is -0.384 e. The van der Waals surface area contributed by atoms with E-state index in [-0.39, 0.29) is 0 Å². The molecule has 0 fully saturated rings. The number of hydrogen-bond acceptors (Lipinski definition) is 3. The van der Waals surface area contributed by atoms with Crippen LogP contribution in [-0.2, 0) is 6.54 Å². The first kappa shape index (κ1) is 7.02. The number of aryl methyl sites for hydroxylation is 1. The van der Waals surface area contributed by atoms with E-state index in [0.717, 1.165) is 11.3 Å². The van der Waals surface area contributed by atoms with E-state index in [1.807, 2.05) is 13.0 Å². The van der Waals surface area contributed by atoms with Gasteiger partial charge in [-0.15, -0.1) is 0 Å². The van der Waals surface area contributed by atoms with Crippen molar-refractivity contribution >= 4 is 5.82 Å². The Bertz CT molecular complexity index is 212. The summed E-state index contributed by atoms with van der Waals surface area (Å²) in [5.41, 5.74) is 12.8. The lowest BCUT2D eigenvalue weighted by Gasteiger charge is -1.99. The molecule has 0 aliphatic rings. The summed E-state index contributed by atoms with van der Waals surface area (Å²) < 4.78 is 0. The second-order valence-corrected chi connectivity index (χ2v) is 2.25. The highest BCUT2D eigenvalue weighted by molar-refractivity contribution is 5.34. The Balaban J connectivity index is 3.06. The Morgan fingerprint density at radius 1 is 1.50 bits per heavy atom. The molecular weight excluding hydrogens is 126 g/mol. The van der Waals surface area contributed by atoms with Crippen LogP contribution < -0.4 is 11.5 Å². The molecule has 0 unspecified atom stereocenters. The molecule has 0 atom stereocenters. The maximum Gasteiger partial charge on any atom is 0.123 e. The average molecular weight is 137 g/mol. The Morgan fingerprint density at radius 3 is 2.70 bits per heavy atom. The van der Waals surface area contributed by atoms with Crippen LogP contribution in [0, 0.1) is 6.92 Å². The Kier molecular flexibility index (Phi) is 1.87. The van der Waals surface area contributed by atoms with Crippen molar-refractivity contribution in [2.45, 2.75) is 13.5 Å². The van der Waals surface area contributed by atoms with Crippen molar-refractivity contribution in [1.29, 1.82) is 0 Å². The molecule has 0 saturated carbocycles. The molecule has 0 aliphatic carbocycles. The van der Waals surface area contributed by atoms with Gasteiger partial charge in [-0.05, 0) is 24.6 Å². The zero-order valence-corrected chi connectivity index (χ0v) is 5.96. The van der Waals surface area contributed by atoms with Crippen LogP contribution >= 0.6 is 0 Å². The lowest BCUT2D eigenvalue weighted by molar-refractivity contribution is 1.05. The van der Waals surface area contributed by atoms with Crippen LogP contribution in [0.25, 0.3) is 0 Å². The van der Waals surface area contributed by atoms with Crippen LogP contribution in [-0.4, -0.2) is 4.98 Å². The fraction of sp³-hybridized carbons (Fsp3) is 0.286. The molecule has 0 aliphatic heterocycles. The molecule has 1 aromatic rings. The number of rotatable bonds is 1. The topological polar surface area (TPSA) is 64.9 Å². The van der Waals surface area contributed by atoms with Crippen LogP contribution in [0.5, 0.6) is 0 Å². The zero-order chi connectivity index (χ0) is 7.56. The minimum absolute atomic E-state index is 0.521. The Morgan fingerprint density at radius 2 is 2.20 bits per heavy atom. The van der Waals surface area contributed by atoms with Crippen molar-refractivity contribution in [3.63, 3.8) is 0 Å². The first-order chi connectivity index (χ1) is 4.72. The molecule has 0 aromatic carbocycles. The van der Waals surface area contributed by atoms with E-state index in [9.17, 15) is 0 Å². The van der Waals surface area contributed by atoms with Gasteiger partial charge < -0.3 is 11.5 Å². The standard InChI is InChI=1S/C7H11N3/c1-5-2-6(4-8)3-7(9)10-5/h2-3H,4,8H2,1H3,(H2,9,10). The largest absolute Gasteiger partial charge is 0.384 e. The number of hydrogen-bond donors (Lipinski definition) is 2. The number of anilines is 1. The molecule has 3 heteroatoms. The molecule has 3 nitrogen and oxygen atoms in total. The third kappa shape index (κ3) is 1.45. The molecule has 0 spiro atoms. The highest BCUT2D eigenvalue weighted by atomic mass is 14.8. The lowest BCUT2D eigenvalue weighted by atomic mass is 10.2. The van der Waals surface area contributed by atoms with Gasteiger partial charge in [-0.25, -0.2) is 4.98 Å². The van der Waals surface area contributed by atoms with Crippen molar-refractivity contribution in [1.82, 2.24) is 4.98 Å². The molecule has 1 heterocycles. The highest BCUT2D eigenvalue weighted by Gasteiger charge is 1.93. The summed E-state index contributed by atoms with van der Waals surface area (Å²) in [6.45, 7) is 2.42. The van der Waals surface area contributed by atoms with Crippen molar-refractivity contribution in [3.05, 3.63) is 23.4 Å². The van der Waals surface area contributed by atoms with Gasteiger partial charge in [-0.2, -0.15) is 0 Å². The van der Waals surface area contributed by atoms with Gasteiger partial charge in [-0.1, -0.05) is 0 Å². The smallest absolute Gasteiger partial charge is 0.123 e. The molecule has 4 N–H and O–H groups in total. The molecule has 0 amide bonds. The van der Waals surface area contributed by atoms with Crippen LogP contribution in [0.15, 0.2) is 12.1 Å². The maximum atomic E-state index is 5.47. The molecule has 1 rings (SSSR count). The fourth-order valence-corrected chi connectivity index (χ4v) is 0.886. The van der Waals surface area contributed by atoms with E-state index in [2.05, 4.69) is 4.98 Å². The summed E-state index contributed by atoms with van der Waals surface area (Å²) in [7, 11) is 0. The molecule has 54 valence electrons. The summed E-state index contributed by atoms with van der Waals surface area (Å²) in [4.78, 5) is 4.00. The van der Waals surface area contributed by atoms with E-state index in [1.54, 1.807) is 6.07 Å². The van der Waals surface area contributed by atoms with Crippen molar-refractivity contribution in [2.24, 2.45) is 5.73 Å². The normalized spacial score (nSPS) is 9.80. The second-order valence-electron chi connectivity index (χ2n) is 2.25. The van der Waals surface area contributed by atoms with Gasteiger partial charge in [0, 0.05) is 12.2 Å². The molecule has 0 bridgehead atoms. The summed E-state index contributed by atoms with van der Waals surface area (Å²) in [5, 5.41) is 0. The quantitative estimate of drug-likeness (QED) is 0.590. The van der Waals surface area contributed by atoms with E-state index in [4.69, 9.17) is 11.5 Å². The van der Waals surface area contributed by atoms with Gasteiger partial charge in [0.1, 0.15) is 5.82 Å². The van der Waals surface area contributed by atoms with Crippen LogP contribution in [0.2, 0.25) is 0 Å². The summed E-state index contributed by atoms with van der Waals surface area (Å²) in [6.07, 6.45) is 0. The van der Waals surface area contributed by atoms with Gasteiger partial charge in [0.15, 0.2) is 0 Å². The molecule has 0 radical (unpaired) electrons. The minimum atomic E-state index is 0.521. The first-order valence-corrected chi connectivity index (χ1v) is 3.15. The number of nitrogen functional groups attached to an aromatic ring is 1.